The summed E-state index contributed by atoms with van der Waals surface area (Å²) in [6.07, 6.45) is 1.45. The zero-order valence-corrected chi connectivity index (χ0v) is 7.08. The van der Waals surface area contributed by atoms with Crippen molar-refractivity contribution in [2.45, 2.75) is 39.0 Å². The number of aliphatic hydroxyl groups is 1. The smallest absolute Gasteiger partial charge is 0.146 e. The van der Waals surface area contributed by atoms with Crippen LogP contribution >= 0.6 is 0 Å². The normalized spacial score (nSPS) is 28.8. The van der Waals surface area contributed by atoms with Gasteiger partial charge >= 0.3 is 0 Å². The van der Waals surface area contributed by atoms with Crippen molar-refractivity contribution in [3.05, 3.63) is 0 Å². The van der Waals surface area contributed by atoms with Gasteiger partial charge in [0.15, 0.2) is 0 Å². The molecule has 1 heterocycles. The Balaban J connectivity index is 2.58. The first kappa shape index (κ1) is 8.68. The summed E-state index contributed by atoms with van der Waals surface area (Å²) in [6.45, 7) is 4.15. The van der Waals surface area contributed by atoms with E-state index in [4.69, 9.17) is 0 Å². The molecule has 1 aliphatic heterocycles. The van der Waals surface area contributed by atoms with Gasteiger partial charge in [-0.1, -0.05) is 0 Å². The van der Waals surface area contributed by atoms with Gasteiger partial charge in [0.1, 0.15) is 12.0 Å². The minimum Gasteiger partial charge on any atom is -0.379 e. The van der Waals surface area contributed by atoms with Gasteiger partial charge in [-0.15, -0.1) is 0 Å². The van der Waals surface area contributed by atoms with Crippen molar-refractivity contribution in [1.29, 1.82) is 0 Å². The number of nitrogens with zero attached hydrogens (tertiary/aromatic N) is 1. The van der Waals surface area contributed by atoms with Crippen LogP contribution in [0.5, 0.6) is 0 Å². The molecule has 0 aromatic carbocycles. The van der Waals surface area contributed by atoms with E-state index >= 15 is 0 Å². The van der Waals surface area contributed by atoms with E-state index in [0.717, 1.165) is 19.4 Å². The molecule has 2 atom stereocenters. The topological polar surface area (TPSA) is 40.5 Å². The molecule has 1 fully saturated rings. The number of carbonyl (C=O) groups is 1. The molecule has 0 amide bonds. The second-order valence-corrected chi connectivity index (χ2v) is 3.14. The summed E-state index contributed by atoms with van der Waals surface area (Å²) < 4.78 is 0. The fourth-order valence-corrected chi connectivity index (χ4v) is 1.67. The summed E-state index contributed by atoms with van der Waals surface area (Å²) in [7, 11) is 0. The van der Waals surface area contributed by atoms with E-state index in [9.17, 15) is 9.90 Å². The molecule has 11 heavy (non-hydrogen) atoms. The fraction of sp³-hybridized carbons (Fsp3) is 0.875. The predicted octanol–water partition coefficient (Wildman–Crippen LogP) is 0.378. The van der Waals surface area contributed by atoms with Crippen LogP contribution in [0.15, 0.2) is 0 Å². The summed E-state index contributed by atoms with van der Waals surface area (Å²) in [6, 6.07) is -0.0324. The monoisotopic (exact) mass is 157 g/mol. The number of hydrogen-bond donors (Lipinski definition) is 1. The summed E-state index contributed by atoms with van der Waals surface area (Å²) in [4.78, 5) is 12.9. The third-order valence-corrected chi connectivity index (χ3v) is 2.24. The molecule has 0 radical (unpaired) electrons. The first-order valence-electron chi connectivity index (χ1n) is 4.07. The standard InChI is InChI=1S/C8H15NO2/c1-6(10)8-4-3-5-9(8)7(2)11/h7-8,11H,3-5H2,1-2H3. The second-order valence-electron chi connectivity index (χ2n) is 3.14. The van der Waals surface area contributed by atoms with E-state index in [-0.39, 0.29) is 11.8 Å². The second kappa shape index (κ2) is 3.32. The number of ketones is 1. The van der Waals surface area contributed by atoms with E-state index in [1.54, 1.807) is 13.8 Å². The van der Waals surface area contributed by atoms with Gasteiger partial charge in [-0.25, -0.2) is 0 Å². The van der Waals surface area contributed by atoms with Gasteiger partial charge in [-0.2, -0.15) is 0 Å². The number of carbonyl (C=O) groups excluding carboxylic acids is 1. The molecule has 1 rings (SSSR count). The minimum absolute atomic E-state index is 0.0324. The predicted molar refractivity (Wildman–Crippen MR) is 42.1 cm³/mol. The Hall–Kier alpha value is -0.410. The number of hydrogen-bond acceptors (Lipinski definition) is 3. The molecule has 0 aromatic rings. The van der Waals surface area contributed by atoms with Gasteiger partial charge in [0.05, 0.1) is 6.04 Å². The molecule has 3 heteroatoms. The van der Waals surface area contributed by atoms with E-state index in [1.807, 2.05) is 4.90 Å². The Kier molecular flexibility index (Phi) is 2.62. The Morgan fingerprint density at radius 1 is 1.73 bits per heavy atom. The molecule has 1 aliphatic rings. The maximum absolute atomic E-state index is 11.0. The van der Waals surface area contributed by atoms with Gasteiger partial charge in [-0.3, -0.25) is 9.69 Å². The van der Waals surface area contributed by atoms with Crippen molar-refractivity contribution in [2.75, 3.05) is 6.54 Å². The van der Waals surface area contributed by atoms with Crippen LogP contribution in [0.3, 0.4) is 0 Å². The van der Waals surface area contributed by atoms with Crippen LogP contribution in [0, 0.1) is 0 Å². The van der Waals surface area contributed by atoms with E-state index < -0.39 is 6.23 Å². The molecule has 3 nitrogen and oxygen atoms in total. The number of Topliss-reactive ketones (excluding diaryl/α,β-unsaturated/α-hetero) is 1. The summed E-state index contributed by atoms with van der Waals surface area (Å²) in [5.41, 5.74) is 0. The van der Waals surface area contributed by atoms with Crippen molar-refractivity contribution >= 4 is 5.78 Å². The zero-order chi connectivity index (χ0) is 8.43. The highest BCUT2D eigenvalue weighted by atomic mass is 16.3. The highest BCUT2D eigenvalue weighted by Gasteiger charge is 2.30. The van der Waals surface area contributed by atoms with Crippen molar-refractivity contribution < 1.29 is 9.90 Å². The van der Waals surface area contributed by atoms with Crippen LogP contribution in [0.1, 0.15) is 26.7 Å². The molecule has 64 valence electrons. The van der Waals surface area contributed by atoms with Crippen molar-refractivity contribution in [2.24, 2.45) is 0 Å². The maximum Gasteiger partial charge on any atom is 0.146 e. The molecule has 0 spiro atoms. The average molecular weight is 157 g/mol. The van der Waals surface area contributed by atoms with Crippen molar-refractivity contribution in [3.63, 3.8) is 0 Å². The Labute approximate surface area is 67.0 Å². The number of likely N-dealkylation sites (tertiary alicyclic amines) is 1. The SMILES string of the molecule is CC(=O)C1CCCN1C(C)O. The zero-order valence-electron chi connectivity index (χ0n) is 7.08. The van der Waals surface area contributed by atoms with Crippen molar-refractivity contribution in [3.8, 4) is 0 Å². The molecule has 1 N–H and O–H groups in total. The summed E-state index contributed by atoms with van der Waals surface area (Å²) >= 11 is 0. The number of aliphatic hydroxyl groups excluding tert-OH is 1. The van der Waals surface area contributed by atoms with Gasteiger partial charge < -0.3 is 5.11 Å². The Bertz CT molecular complexity index is 156. The van der Waals surface area contributed by atoms with Crippen LogP contribution < -0.4 is 0 Å². The summed E-state index contributed by atoms with van der Waals surface area (Å²) in [5, 5.41) is 9.25. The van der Waals surface area contributed by atoms with Gasteiger partial charge in [0, 0.05) is 6.54 Å². The van der Waals surface area contributed by atoms with Crippen LogP contribution in [-0.2, 0) is 4.79 Å². The fourth-order valence-electron chi connectivity index (χ4n) is 1.67. The lowest BCUT2D eigenvalue weighted by Crippen LogP contribution is -2.40. The number of rotatable bonds is 2. The first-order chi connectivity index (χ1) is 5.13. The van der Waals surface area contributed by atoms with Crippen LogP contribution in [-0.4, -0.2) is 34.6 Å². The molecular weight excluding hydrogens is 142 g/mol. The highest BCUT2D eigenvalue weighted by Crippen LogP contribution is 2.19. The van der Waals surface area contributed by atoms with Gasteiger partial charge in [0.2, 0.25) is 0 Å². The third kappa shape index (κ3) is 1.79. The van der Waals surface area contributed by atoms with Crippen LogP contribution in [0.2, 0.25) is 0 Å². The maximum atomic E-state index is 11.0. The largest absolute Gasteiger partial charge is 0.379 e. The molecule has 0 aromatic heterocycles. The lowest BCUT2D eigenvalue weighted by atomic mass is 10.1. The molecular formula is C8H15NO2. The van der Waals surface area contributed by atoms with Gasteiger partial charge in [0.25, 0.3) is 0 Å². The Morgan fingerprint density at radius 3 is 2.73 bits per heavy atom. The molecule has 2 unspecified atom stereocenters. The van der Waals surface area contributed by atoms with E-state index in [0.29, 0.717) is 0 Å². The summed E-state index contributed by atoms with van der Waals surface area (Å²) in [5.74, 6) is 0.170. The Morgan fingerprint density at radius 2 is 2.36 bits per heavy atom. The molecule has 0 saturated carbocycles. The van der Waals surface area contributed by atoms with E-state index in [1.165, 1.54) is 0 Å². The lowest BCUT2D eigenvalue weighted by Gasteiger charge is -2.24. The van der Waals surface area contributed by atoms with Gasteiger partial charge in [-0.05, 0) is 26.7 Å². The lowest BCUT2D eigenvalue weighted by molar-refractivity contribution is -0.124. The minimum atomic E-state index is -0.480. The van der Waals surface area contributed by atoms with Crippen molar-refractivity contribution in [1.82, 2.24) is 4.90 Å². The average Bonchev–Trinajstić information content (AvgIpc) is 2.32. The molecule has 0 bridgehead atoms. The van der Waals surface area contributed by atoms with Crippen LogP contribution in [0.25, 0.3) is 0 Å². The molecule has 1 saturated heterocycles. The third-order valence-electron chi connectivity index (χ3n) is 2.24. The first-order valence-corrected chi connectivity index (χ1v) is 4.07. The van der Waals surface area contributed by atoms with E-state index in [2.05, 4.69) is 0 Å². The quantitative estimate of drug-likeness (QED) is 0.630. The highest BCUT2D eigenvalue weighted by molar-refractivity contribution is 5.81. The molecule has 0 aliphatic carbocycles. The van der Waals surface area contributed by atoms with Crippen LogP contribution in [0.4, 0.5) is 0 Å².